The molecular formula is C14H26F3NO2S. The van der Waals surface area contributed by atoms with Crippen molar-refractivity contribution in [2.24, 2.45) is 5.92 Å². The number of rotatable bonds is 7. The van der Waals surface area contributed by atoms with Crippen LogP contribution in [0.1, 0.15) is 51.9 Å². The molecule has 1 rings (SSSR count). The molecule has 3 unspecified atom stereocenters. The average molecular weight is 329 g/mol. The van der Waals surface area contributed by atoms with Crippen LogP contribution in [0.3, 0.4) is 0 Å². The number of hydrogen-bond acceptors (Lipinski definition) is 3. The first-order chi connectivity index (χ1) is 9.63. The van der Waals surface area contributed by atoms with Crippen LogP contribution in [-0.4, -0.2) is 38.7 Å². The van der Waals surface area contributed by atoms with E-state index in [1.54, 1.807) is 0 Å². The van der Waals surface area contributed by atoms with Crippen LogP contribution in [0.5, 0.6) is 0 Å². The Balaban J connectivity index is 2.68. The van der Waals surface area contributed by atoms with Crippen LogP contribution in [0.4, 0.5) is 13.2 Å². The van der Waals surface area contributed by atoms with Gasteiger partial charge in [0.25, 0.3) is 0 Å². The molecule has 126 valence electrons. The molecule has 1 saturated carbocycles. The van der Waals surface area contributed by atoms with E-state index in [0.717, 1.165) is 19.3 Å². The van der Waals surface area contributed by atoms with Gasteiger partial charge in [-0.25, -0.2) is 8.42 Å². The Morgan fingerprint density at radius 3 is 2.48 bits per heavy atom. The molecule has 1 N–H and O–H groups in total. The van der Waals surface area contributed by atoms with Crippen LogP contribution >= 0.6 is 0 Å². The van der Waals surface area contributed by atoms with E-state index < -0.39 is 27.7 Å². The molecule has 0 bridgehead atoms. The highest BCUT2D eigenvalue weighted by atomic mass is 32.2. The van der Waals surface area contributed by atoms with Gasteiger partial charge in [0.05, 0.1) is 5.25 Å². The molecule has 1 aliphatic rings. The van der Waals surface area contributed by atoms with Crippen molar-refractivity contribution >= 4 is 9.84 Å². The maximum absolute atomic E-state index is 12.4. The summed E-state index contributed by atoms with van der Waals surface area (Å²) in [5.41, 5.74) is 0. The van der Waals surface area contributed by atoms with Gasteiger partial charge in [0.2, 0.25) is 0 Å². The molecule has 3 atom stereocenters. The third kappa shape index (κ3) is 7.00. The minimum absolute atomic E-state index is 0.0207. The fourth-order valence-corrected chi connectivity index (χ4v) is 4.28. The van der Waals surface area contributed by atoms with Gasteiger partial charge < -0.3 is 5.32 Å². The van der Waals surface area contributed by atoms with Crippen molar-refractivity contribution in [1.82, 2.24) is 5.32 Å². The Morgan fingerprint density at radius 2 is 1.95 bits per heavy atom. The smallest absolute Gasteiger partial charge is 0.314 e. The van der Waals surface area contributed by atoms with Gasteiger partial charge in [-0.05, 0) is 44.6 Å². The van der Waals surface area contributed by atoms with Crippen LogP contribution < -0.4 is 5.32 Å². The van der Waals surface area contributed by atoms with Gasteiger partial charge in [-0.15, -0.1) is 0 Å². The SMILES string of the molecule is CCCNC(CCC(F)(F)F)C1CCCC(S(C)(=O)=O)C1. The fourth-order valence-electron chi connectivity index (χ4n) is 3.09. The number of sulfone groups is 1. The zero-order valence-corrected chi connectivity index (χ0v) is 13.6. The molecule has 3 nitrogen and oxygen atoms in total. The van der Waals surface area contributed by atoms with Gasteiger partial charge in [0.1, 0.15) is 9.84 Å². The maximum atomic E-state index is 12.4. The molecule has 0 aromatic carbocycles. The van der Waals surface area contributed by atoms with Crippen LogP contribution in [0.15, 0.2) is 0 Å². The minimum Gasteiger partial charge on any atom is -0.314 e. The summed E-state index contributed by atoms with van der Waals surface area (Å²) in [6, 6.07) is -0.240. The second kappa shape index (κ2) is 7.81. The van der Waals surface area contributed by atoms with Crippen molar-refractivity contribution in [3.05, 3.63) is 0 Å². The first-order valence-electron chi connectivity index (χ1n) is 7.62. The van der Waals surface area contributed by atoms with Crippen molar-refractivity contribution in [1.29, 1.82) is 0 Å². The molecule has 0 spiro atoms. The molecule has 1 aliphatic carbocycles. The lowest BCUT2D eigenvalue weighted by Crippen LogP contribution is -2.42. The van der Waals surface area contributed by atoms with E-state index in [-0.39, 0.29) is 18.4 Å². The first-order valence-corrected chi connectivity index (χ1v) is 9.58. The maximum Gasteiger partial charge on any atom is 0.389 e. The zero-order valence-electron chi connectivity index (χ0n) is 12.7. The molecule has 0 saturated heterocycles. The predicted molar refractivity (Wildman–Crippen MR) is 78.0 cm³/mol. The second-order valence-electron chi connectivity index (χ2n) is 6.09. The van der Waals surface area contributed by atoms with Crippen LogP contribution in [0.25, 0.3) is 0 Å². The summed E-state index contributed by atoms with van der Waals surface area (Å²) in [7, 11) is -3.11. The van der Waals surface area contributed by atoms with E-state index >= 15 is 0 Å². The van der Waals surface area contributed by atoms with Crippen molar-refractivity contribution in [2.75, 3.05) is 12.8 Å². The van der Waals surface area contributed by atoms with E-state index in [2.05, 4.69) is 5.32 Å². The van der Waals surface area contributed by atoms with E-state index in [9.17, 15) is 21.6 Å². The van der Waals surface area contributed by atoms with Gasteiger partial charge >= 0.3 is 6.18 Å². The van der Waals surface area contributed by atoms with Crippen LogP contribution in [0.2, 0.25) is 0 Å². The number of halogens is 3. The molecule has 1 fully saturated rings. The molecular weight excluding hydrogens is 303 g/mol. The summed E-state index contributed by atoms with van der Waals surface area (Å²) in [6.07, 6.45) is -0.151. The van der Waals surface area contributed by atoms with Crippen LogP contribution in [0, 0.1) is 5.92 Å². The quantitative estimate of drug-likeness (QED) is 0.779. The molecule has 0 amide bonds. The number of hydrogen-bond donors (Lipinski definition) is 1. The summed E-state index contributed by atoms with van der Waals surface area (Å²) in [5.74, 6) is 0.0207. The standard InChI is InChI=1S/C14H26F3NO2S/c1-3-9-18-13(7-8-14(15,16)17)11-5-4-6-12(10-11)21(2,19)20/h11-13,18H,3-10H2,1-2H3. The Bertz CT molecular complexity index is 409. The first kappa shape index (κ1) is 18.7. The normalized spacial score (nSPS) is 25.8. The largest absolute Gasteiger partial charge is 0.389 e. The molecule has 21 heavy (non-hydrogen) atoms. The average Bonchev–Trinajstić information content (AvgIpc) is 2.37. The van der Waals surface area contributed by atoms with Crippen molar-refractivity contribution in [3.8, 4) is 0 Å². The minimum atomic E-state index is -4.16. The van der Waals surface area contributed by atoms with Crippen molar-refractivity contribution < 1.29 is 21.6 Å². The summed E-state index contributed by atoms with van der Waals surface area (Å²) in [5, 5.41) is 2.79. The zero-order chi connectivity index (χ0) is 16.1. The van der Waals surface area contributed by atoms with Gasteiger partial charge in [0.15, 0.2) is 0 Å². The third-order valence-electron chi connectivity index (χ3n) is 4.24. The summed E-state index contributed by atoms with van der Waals surface area (Å²) in [6.45, 7) is 2.64. The Hall–Kier alpha value is -0.300. The molecule has 0 heterocycles. The summed E-state index contributed by atoms with van der Waals surface area (Å²) in [4.78, 5) is 0. The topological polar surface area (TPSA) is 46.2 Å². The highest BCUT2D eigenvalue weighted by Crippen LogP contribution is 2.33. The lowest BCUT2D eigenvalue weighted by molar-refractivity contribution is -0.137. The second-order valence-corrected chi connectivity index (χ2v) is 8.42. The lowest BCUT2D eigenvalue weighted by Gasteiger charge is -2.34. The Labute approximate surface area is 125 Å². The highest BCUT2D eigenvalue weighted by Gasteiger charge is 2.35. The molecule has 0 aliphatic heterocycles. The van der Waals surface area contributed by atoms with Crippen molar-refractivity contribution in [3.63, 3.8) is 0 Å². The number of nitrogens with one attached hydrogen (secondary N) is 1. The van der Waals surface area contributed by atoms with E-state index in [1.807, 2.05) is 6.92 Å². The Morgan fingerprint density at radius 1 is 1.29 bits per heavy atom. The van der Waals surface area contributed by atoms with Gasteiger partial charge in [-0.2, -0.15) is 13.2 Å². The fraction of sp³-hybridized carbons (Fsp3) is 1.00. The monoisotopic (exact) mass is 329 g/mol. The van der Waals surface area contributed by atoms with Crippen molar-refractivity contribution in [2.45, 2.75) is 69.3 Å². The third-order valence-corrected chi connectivity index (χ3v) is 5.88. The molecule has 0 aromatic rings. The van der Waals surface area contributed by atoms with Gasteiger partial charge in [0, 0.05) is 18.7 Å². The number of alkyl halides is 3. The van der Waals surface area contributed by atoms with Crippen LogP contribution in [-0.2, 0) is 9.84 Å². The summed E-state index contributed by atoms with van der Waals surface area (Å²) >= 11 is 0. The van der Waals surface area contributed by atoms with Gasteiger partial charge in [-0.3, -0.25) is 0 Å². The van der Waals surface area contributed by atoms with E-state index in [1.165, 1.54) is 6.26 Å². The lowest BCUT2D eigenvalue weighted by atomic mass is 9.82. The van der Waals surface area contributed by atoms with Gasteiger partial charge in [-0.1, -0.05) is 13.3 Å². The molecule has 0 radical (unpaired) electrons. The molecule has 0 aromatic heterocycles. The highest BCUT2D eigenvalue weighted by molar-refractivity contribution is 7.91. The Kier molecular flexibility index (Phi) is 6.97. The van der Waals surface area contributed by atoms with E-state index in [0.29, 0.717) is 19.4 Å². The molecule has 7 heteroatoms. The van der Waals surface area contributed by atoms with E-state index in [4.69, 9.17) is 0 Å². The predicted octanol–water partition coefficient (Wildman–Crippen LogP) is 3.30. The summed E-state index contributed by atoms with van der Waals surface area (Å²) < 4.78 is 60.7.